The minimum absolute atomic E-state index is 0.379. The van der Waals surface area contributed by atoms with Gasteiger partial charge in [0.05, 0.1) is 0 Å². The van der Waals surface area contributed by atoms with Crippen LogP contribution in [0.4, 0.5) is 0 Å². The number of nitrogens with one attached hydrogen (secondary N) is 1. The van der Waals surface area contributed by atoms with Gasteiger partial charge in [0, 0.05) is 30.4 Å². The van der Waals surface area contributed by atoms with E-state index in [1.54, 1.807) is 0 Å². The Kier molecular flexibility index (Phi) is 3.70. The van der Waals surface area contributed by atoms with Crippen LogP contribution in [-0.4, -0.2) is 16.7 Å². The fourth-order valence-electron chi connectivity index (χ4n) is 2.86. The SMILES string of the molecule is CCCn1cccc1CC1(CC)CCCN1. The van der Waals surface area contributed by atoms with Gasteiger partial charge in [0.25, 0.3) is 0 Å². The van der Waals surface area contributed by atoms with Gasteiger partial charge >= 0.3 is 0 Å². The zero-order chi connectivity index (χ0) is 11.4. The number of hydrogen-bond acceptors (Lipinski definition) is 1. The van der Waals surface area contributed by atoms with E-state index in [0.29, 0.717) is 5.54 Å². The number of rotatable bonds is 5. The molecule has 2 heteroatoms. The van der Waals surface area contributed by atoms with Crippen LogP contribution in [0.2, 0.25) is 0 Å². The van der Waals surface area contributed by atoms with E-state index in [-0.39, 0.29) is 0 Å². The molecule has 0 spiro atoms. The number of aryl methyl sites for hydroxylation is 1. The van der Waals surface area contributed by atoms with E-state index in [4.69, 9.17) is 0 Å². The molecule has 0 saturated carbocycles. The van der Waals surface area contributed by atoms with Gasteiger partial charge in [-0.3, -0.25) is 0 Å². The molecule has 0 bridgehead atoms. The molecule has 1 N–H and O–H groups in total. The van der Waals surface area contributed by atoms with E-state index in [0.717, 1.165) is 6.54 Å². The Balaban J connectivity index is 2.09. The Morgan fingerprint density at radius 1 is 1.44 bits per heavy atom. The third-order valence-corrected chi connectivity index (χ3v) is 3.92. The molecular formula is C14H24N2. The van der Waals surface area contributed by atoms with Crippen molar-refractivity contribution in [2.75, 3.05) is 6.54 Å². The summed E-state index contributed by atoms with van der Waals surface area (Å²) in [6.45, 7) is 6.91. The molecule has 1 atom stereocenters. The van der Waals surface area contributed by atoms with Crippen molar-refractivity contribution in [3.05, 3.63) is 24.0 Å². The zero-order valence-electron chi connectivity index (χ0n) is 10.6. The van der Waals surface area contributed by atoms with Crippen LogP contribution in [0, 0.1) is 0 Å². The van der Waals surface area contributed by atoms with Crippen molar-refractivity contribution in [2.45, 2.75) is 58.0 Å². The van der Waals surface area contributed by atoms with Gasteiger partial charge < -0.3 is 9.88 Å². The van der Waals surface area contributed by atoms with Gasteiger partial charge in [-0.2, -0.15) is 0 Å². The molecule has 2 rings (SSSR count). The largest absolute Gasteiger partial charge is 0.351 e. The summed E-state index contributed by atoms with van der Waals surface area (Å²) < 4.78 is 2.41. The van der Waals surface area contributed by atoms with Crippen LogP contribution in [0.25, 0.3) is 0 Å². The summed E-state index contributed by atoms with van der Waals surface area (Å²) >= 11 is 0. The van der Waals surface area contributed by atoms with Crippen LogP contribution in [0.5, 0.6) is 0 Å². The van der Waals surface area contributed by atoms with Crippen LogP contribution < -0.4 is 5.32 Å². The summed E-state index contributed by atoms with van der Waals surface area (Å²) in [7, 11) is 0. The topological polar surface area (TPSA) is 17.0 Å². The van der Waals surface area contributed by atoms with Crippen molar-refractivity contribution in [1.82, 2.24) is 9.88 Å². The highest BCUT2D eigenvalue weighted by atomic mass is 15.0. The molecule has 1 aliphatic rings. The Morgan fingerprint density at radius 3 is 2.94 bits per heavy atom. The minimum Gasteiger partial charge on any atom is -0.351 e. The molecule has 0 aromatic carbocycles. The van der Waals surface area contributed by atoms with E-state index in [1.165, 1.54) is 44.3 Å². The molecule has 1 aromatic heterocycles. The Hall–Kier alpha value is -0.760. The van der Waals surface area contributed by atoms with Crippen molar-refractivity contribution >= 4 is 0 Å². The second-order valence-electron chi connectivity index (χ2n) is 5.03. The number of nitrogens with zero attached hydrogens (tertiary/aromatic N) is 1. The predicted molar refractivity (Wildman–Crippen MR) is 68.7 cm³/mol. The van der Waals surface area contributed by atoms with E-state index in [9.17, 15) is 0 Å². The molecule has 1 aromatic rings. The highest BCUT2D eigenvalue weighted by Crippen LogP contribution is 2.27. The van der Waals surface area contributed by atoms with Crippen LogP contribution in [-0.2, 0) is 13.0 Å². The quantitative estimate of drug-likeness (QED) is 0.807. The molecule has 1 fully saturated rings. The van der Waals surface area contributed by atoms with Crippen LogP contribution in [0.15, 0.2) is 18.3 Å². The summed E-state index contributed by atoms with van der Waals surface area (Å²) in [4.78, 5) is 0. The Morgan fingerprint density at radius 2 is 2.31 bits per heavy atom. The lowest BCUT2D eigenvalue weighted by atomic mass is 9.89. The lowest BCUT2D eigenvalue weighted by Crippen LogP contribution is -2.41. The number of hydrogen-bond donors (Lipinski definition) is 1. The monoisotopic (exact) mass is 220 g/mol. The molecule has 1 saturated heterocycles. The van der Waals surface area contributed by atoms with E-state index < -0.39 is 0 Å². The summed E-state index contributed by atoms with van der Waals surface area (Å²) in [5.41, 5.74) is 1.88. The molecular weight excluding hydrogens is 196 g/mol. The average Bonchev–Trinajstić information content (AvgIpc) is 2.91. The van der Waals surface area contributed by atoms with Gasteiger partial charge in [0.2, 0.25) is 0 Å². The molecule has 0 radical (unpaired) electrons. The standard InChI is InChI=1S/C14H24N2/c1-3-10-16-11-5-7-13(16)12-14(4-2)8-6-9-15-14/h5,7,11,15H,3-4,6,8-10,12H2,1-2H3. The van der Waals surface area contributed by atoms with Crippen LogP contribution in [0.3, 0.4) is 0 Å². The molecule has 2 heterocycles. The molecule has 1 aliphatic heterocycles. The highest BCUT2D eigenvalue weighted by Gasteiger charge is 2.32. The second kappa shape index (κ2) is 5.05. The predicted octanol–water partition coefficient (Wildman–Crippen LogP) is 2.97. The van der Waals surface area contributed by atoms with Crippen LogP contribution in [0.1, 0.15) is 45.2 Å². The zero-order valence-corrected chi connectivity index (χ0v) is 10.6. The molecule has 0 amide bonds. The third-order valence-electron chi connectivity index (χ3n) is 3.92. The molecule has 90 valence electrons. The maximum absolute atomic E-state index is 3.71. The van der Waals surface area contributed by atoms with E-state index in [2.05, 4.69) is 42.1 Å². The minimum atomic E-state index is 0.379. The Bertz CT molecular complexity index is 321. The van der Waals surface area contributed by atoms with Gasteiger partial charge in [-0.05, 0) is 44.4 Å². The van der Waals surface area contributed by atoms with Crippen LogP contribution >= 0.6 is 0 Å². The smallest absolute Gasteiger partial charge is 0.0233 e. The van der Waals surface area contributed by atoms with E-state index in [1.807, 2.05) is 0 Å². The van der Waals surface area contributed by atoms with Crippen molar-refractivity contribution in [3.8, 4) is 0 Å². The lowest BCUT2D eigenvalue weighted by molar-refractivity contribution is 0.351. The fourth-order valence-corrected chi connectivity index (χ4v) is 2.86. The van der Waals surface area contributed by atoms with Crippen molar-refractivity contribution in [2.24, 2.45) is 0 Å². The third kappa shape index (κ3) is 2.32. The number of aromatic nitrogens is 1. The van der Waals surface area contributed by atoms with Gasteiger partial charge in [-0.15, -0.1) is 0 Å². The Labute approximate surface area is 99.0 Å². The molecule has 16 heavy (non-hydrogen) atoms. The fraction of sp³-hybridized carbons (Fsp3) is 0.714. The molecule has 2 nitrogen and oxygen atoms in total. The van der Waals surface area contributed by atoms with Crippen molar-refractivity contribution in [1.29, 1.82) is 0 Å². The first-order valence-corrected chi connectivity index (χ1v) is 6.69. The molecule has 1 unspecified atom stereocenters. The first-order chi connectivity index (χ1) is 7.79. The average molecular weight is 220 g/mol. The maximum Gasteiger partial charge on any atom is 0.0233 e. The first-order valence-electron chi connectivity index (χ1n) is 6.69. The first kappa shape index (κ1) is 11.7. The molecule has 0 aliphatic carbocycles. The van der Waals surface area contributed by atoms with Gasteiger partial charge in [-0.25, -0.2) is 0 Å². The summed E-state index contributed by atoms with van der Waals surface area (Å²) in [5.74, 6) is 0. The summed E-state index contributed by atoms with van der Waals surface area (Å²) in [6.07, 6.45) is 8.54. The van der Waals surface area contributed by atoms with Crippen molar-refractivity contribution in [3.63, 3.8) is 0 Å². The summed E-state index contributed by atoms with van der Waals surface area (Å²) in [5, 5.41) is 3.71. The summed E-state index contributed by atoms with van der Waals surface area (Å²) in [6, 6.07) is 4.47. The lowest BCUT2D eigenvalue weighted by Gasteiger charge is -2.28. The normalized spacial score (nSPS) is 25.1. The van der Waals surface area contributed by atoms with E-state index >= 15 is 0 Å². The van der Waals surface area contributed by atoms with Crippen molar-refractivity contribution < 1.29 is 0 Å². The second-order valence-corrected chi connectivity index (χ2v) is 5.03. The van der Waals surface area contributed by atoms with Gasteiger partial charge in [0.1, 0.15) is 0 Å². The van der Waals surface area contributed by atoms with Gasteiger partial charge in [0.15, 0.2) is 0 Å². The van der Waals surface area contributed by atoms with Gasteiger partial charge in [-0.1, -0.05) is 13.8 Å². The highest BCUT2D eigenvalue weighted by molar-refractivity contribution is 5.13. The maximum atomic E-state index is 3.71.